The van der Waals surface area contributed by atoms with E-state index in [0.717, 1.165) is 16.5 Å². The first-order valence-corrected chi connectivity index (χ1v) is 4.86. The van der Waals surface area contributed by atoms with Crippen LogP contribution in [0.25, 0.3) is 10.2 Å². The summed E-state index contributed by atoms with van der Waals surface area (Å²) in [4.78, 5) is 14.8. The molecule has 2 rings (SSSR count). The number of carbonyl (C=O) groups excluding carboxylic acids is 1. The van der Waals surface area contributed by atoms with E-state index in [0.29, 0.717) is 5.01 Å². The van der Waals surface area contributed by atoms with Gasteiger partial charge in [0.1, 0.15) is 0 Å². The lowest BCUT2D eigenvalue weighted by molar-refractivity contribution is 0.112. The fourth-order valence-electron chi connectivity index (χ4n) is 1.29. The summed E-state index contributed by atoms with van der Waals surface area (Å²) >= 11 is 1.44. The third-order valence-corrected chi connectivity index (χ3v) is 3.15. The lowest BCUT2D eigenvalue weighted by Gasteiger charge is -1.97. The maximum atomic E-state index is 10.5. The molecule has 0 saturated carbocycles. The van der Waals surface area contributed by atoms with Gasteiger partial charge in [0, 0.05) is 0 Å². The van der Waals surface area contributed by atoms with Gasteiger partial charge in [0.2, 0.25) is 0 Å². The monoisotopic (exact) mass is 191 g/mol. The number of aryl methyl sites for hydroxylation is 2. The molecule has 0 aliphatic heterocycles. The highest BCUT2D eigenvalue weighted by molar-refractivity contribution is 7.20. The average Bonchev–Trinajstić information content (AvgIpc) is 2.55. The summed E-state index contributed by atoms with van der Waals surface area (Å²) in [6, 6.07) is 4.08. The SMILES string of the molecule is Cc1ccc2sc(C=O)nc2c1C. The number of aldehydes is 1. The van der Waals surface area contributed by atoms with Crippen LogP contribution in [0.2, 0.25) is 0 Å². The first-order valence-electron chi connectivity index (χ1n) is 4.04. The van der Waals surface area contributed by atoms with Crippen molar-refractivity contribution in [1.29, 1.82) is 0 Å². The molecule has 0 amide bonds. The quantitative estimate of drug-likeness (QED) is 0.649. The number of hydrogen-bond acceptors (Lipinski definition) is 3. The molecular formula is C10H9NOS. The Morgan fingerprint density at radius 2 is 2.15 bits per heavy atom. The van der Waals surface area contributed by atoms with E-state index in [9.17, 15) is 4.79 Å². The van der Waals surface area contributed by atoms with Gasteiger partial charge < -0.3 is 0 Å². The third kappa shape index (κ3) is 1.25. The Morgan fingerprint density at radius 3 is 2.85 bits per heavy atom. The van der Waals surface area contributed by atoms with Crippen LogP contribution < -0.4 is 0 Å². The zero-order valence-corrected chi connectivity index (χ0v) is 8.31. The largest absolute Gasteiger partial charge is 0.295 e. The summed E-state index contributed by atoms with van der Waals surface area (Å²) in [5.74, 6) is 0. The van der Waals surface area contributed by atoms with Crippen molar-refractivity contribution in [2.75, 3.05) is 0 Å². The molecule has 0 aliphatic carbocycles. The van der Waals surface area contributed by atoms with Crippen molar-refractivity contribution >= 4 is 27.8 Å². The minimum absolute atomic E-state index is 0.559. The molecule has 1 aromatic carbocycles. The van der Waals surface area contributed by atoms with Gasteiger partial charge in [0.15, 0.2) is 11.3 Å². The van der Waals surface area contributed by atoms with E-state index in [1.165, 1.54) is 22.5 Å². The van der Waals surface area contributed by atoms with Crippen LogP contribution >= 0.6 is 11.3 Å². The lowest BCUT2D eigenvalue weighted by atomic mass is 10.1. The van der Waals surface area contributed by atoms with E-state index < -0.39 is 0 Å². The van der Waals surface area contributed by atoms with Crippen LogP contribution in [0.4, 0.5) is 0 Å². The fraction of sp³-hybridized carbons (Fsp3) is 0.200. The van der Waals surface area contributed by atoms with Gasteiger partial charge in [0.25, 0.3) is 0 Å². The molecule has 0 radical (unpaired) electrons. The van der Waals surface area contributed by atoms with Gasteiger partial charge in [0.05, 0.1) is 10.2 Å². The molecule has 0 saturated heterocycles. The Balaban J connectivity index is 2.83. The Labute approximate surface area is 80.2 Å². The molecule has 1 aromatic heterocycles. The molecule has 2 aromatic rings. The molecule has 3 heteroatoms. The molecule has 0 spiro atoms. The fourth-order valence-corrected chi connectivity index (χ4v) is 2.14. The first-order chi connectivity index (χ1) is 6.22. The second kappa shape index (κ2) is 2.92. The van der Waals surface area contributed by atoms with Crippen LogP contribution in [-0.2, 0) is 0 Å². The number of fused-ring (bicyclic) bond motifs is 1. The molecule has 13 heavy (non-hydrogen) atoms. The van der Waals surface area contributed by atoms with E-state index >= 15 is 0 Å². The van der Waals surface area contributed by atoms with E-state index in [-0.39, 0.29) is 0 Å². The molecule has 0 fully saturated rings. The van der Waals surface area contributed by atoms with Crippen molar-refractivity contribution in [3.63, 3.8) is 0 Å². The number of nitrogens with zero attached hydrogens (tertiary/aromatic N) is 1. The highest BCUT2D eigenvalue weighted by Gasteiger charge is 2.06. The zero-order valence-electron chi connectivity index (χ0n) is 7.50. The summed E-state index contributed by atoms with van der Waals surface area (Å²) in [5.41, 5.74) is 3.35. The maximum absolute atomic E-state index is 10.5. The first kappa shape index (κ1) is 8.38. The van der Waals surface area contributed by atoms with Crippen LogP contribution in [0.15, 0.2) is 12.1 Å². The molecular weight excluding hydrogens is 182 g/mol. The summed E-state index contributed by atoms with van der Waals surface area (Å²) in [7, 11) is 0. The van der Waals surface area contributed by atoms with Crippen molar-refractivity contribution in [2.45, 2.75) is 13.8 Å². The van der Waals surface area contributed by atoms with Gasteiger partial charge in [-0.3, -0.25) is 4.79 Å². The van der Waals surface area contributed by atoms with Crippen LogP contribution in [0.5, 0.6) is 0 Å². The minimum atomic E-state index is 0.559. The van der Waals surface area contributed by atoms with E-state index in [4.69, 9.17) is 0 Å². The van der Waals surface area contributed by atoms with Crippen LogP contribution in [0, 0.1) is 13.8 Å². The highest BCUT2D eigenvalue weighted by Crippen LogP contribution is 2.25. The topological polar surface area (TPSA) is 30.0 Å². The van der Waals surface area contributed by atoms with E-state index in [1.54, 1.807) is 0 Å². The summed E-state index contributed by atoms with van der Waals surface area (Å²) < 4.78 is 1.09. The van der Waals surface area contributed by atoms with Crippen LogP contribution in [0.1, 0.15) is 20.9 Å². The Morgan fingerprint density at radius 1 is 1.38 bits per heavy atom. The maximum Gasteiger partial charge on any atom is 0.178 e. The number of hydrogen-bond donors (Lipinski definition) is 0. The molecule has 0 aliphatic rings. The number of benzene rings is 1. The van der Waals surface area contributed by atoms with Crippen molar-refractivity contribution < 1.29 is 4.79 Å². The normalized spacial score (nSPS) is 10.6. The smallest absolute Gasteiger partial charge is 0.178 e. The number of rotatable bonds is 1. The molecule has 0 atom stereocenters. The van der Waals surface area contributed by atoms with Crippen molar-refractivity contribution in [3.8, 4) is 0 Å². The minimum Gasteiger partial charge on any atom is -0.295 e. The summed E-state index contributed by atoms with van der Waals surface area (Å²) in [5, 5.41) is 0.559. The van der Waals surface area contributed by atoms with Crippen LogP contribution in [0.3, 0.4) is 0 Å². The van der Waals surface area contributed by atoms with Gasteiger partial charge in [-0.2, -0.15) is 0 Å². The Bertz CT molecular complexity index is 473. The molecule has 0 unspecified atom stereocenters. The summed E-state index contributed by atoms with van der Waals surface area (Å²) in [6.07, 6.45) is 0.805. The number of aromatic nitrogens is 1. The predicted octanol–water partition coefficient (Wildman–Crippen LogP) is 2.73. The second-order valence-corrected chi connectivity index (χ2v) is 4.09. The van der Waals surface area contributed by atoms with Gasteiger partial charge in [-0.05, 0) is 31.0 Å². The van der Waals surface area contributed by atoms with Crippen molar-refractivity contribution in [1.82, 2.24) is 4.98 Å². The van der Waals surface area contributed by atoms with Gasteiger partial charge in [-0.15, -0.1) is 11.3 Å². The van der Waals surface area contributed by atoms with Gasteiger partial charge in [-0.1, -0.05) is 6.07 Å². The Kier molecular flexibility index (Phi) is 1.88. The lowest BCUT2D eigenvalue weighted by Crippen LogP contribution is -1.82. The summed E-state index contributed by atoms with van der Waals surface area (Å²) in [6.45, 7) is 4.08. The van der Waals surface area contributed by atoms with Crippen LogP contribution in [-0.4, -0.2) is 11.3 Å². The third-order valence-electron chi connectivity index (χ3n) is 2.20. The standard InChI is InChI=1S/C10H9NOS/c1-6-3-4-8-10(7(6)2)11-9(5-12)13-8/h3-5H,1-2H3. The van der Waals surface area contributed by atoms with Gasteiger partial charge >= 0.3 is 0 Å². The zero-order chi connectivity index (χ0) is 9.42. The average molecular weight is 191 g/mol. The predicted molar refractivity (Wildman–Crippen MR) is 54.5 cm³/mol. The van der Waals surface area contributed by atoms with E-state index in [2.05, 4.69) is 18.0 Å². The van der Waals surface area contributed by atoms with Gasteiger partial charge in [-0.25, -0.2) is 4.98 Å². The molecule has 0 N–H and O–H groups in total. The molecule has 66 valence electrons. The van der Waals surface area contributed by atoms with Crippen molar-refractivity contribution in [3.05, 3.63) is 28.3 Å². The molecule has 2 nitrogen and oxygen atoms in total. The number of carbonyl (C=O) groups is 1. The highest BCUT2D eigenvalue weighted by atomic mass is 32.1. The number of thiazole rings is 1. The molecule has 1 heterocycles. The van der Waals surface area contributed by atoms with Crippen molar-refractivity contribution in [2.24, 2.45) is 0 Å². The second-order valence-electron chi connectivity index (χ2n) is 3.02. The Hall–Kier alpha value is -1.22. The van der Waals surface area contributed by atoms with E-state index in [1.807, 2.05) is 13.0 Å². The molecule has 0 bridgehead atoms.